The van der Waals surface area contributed by atoms with E-state index in [0.717, 1.165) is 39.0 Å². The Bertz CT molecular complexity index is 1280. The number of amides is 3. The molecule has 0 aromatic heterocycles. The molecule has 7 nitrogen and oxygen atoms in total. The normalized spacial score (nSPS) is 17.8. The van der Waals surface area contributed by atoms with Crippen LogP contribution in [0.1, 0.15) is 36.9 Å². The van der Waals surface area contributed by atoms with Crippen molar-refractivity contribution in [2.75, 3.05) is 44.6 Å². The molecule has 0 radical (unpaired) electrons. The molecule has 0 aliphatic carbocycles. The molecular formula is C30H36FN5O2. The molecule has 3 aromatic carbocycles. The lowest BCUT2D eigenvalue weighted by atomic mass is 9.92. The quantitative estimate of drug-likeness (QED) is 0.450. The number of rotatable bonds is 6. The molecule has 2 fully saturated rings. The van der Waals surface area contributed by atoms with Gasteiger partial charge in [0.05, 0.1) is 0 Å². The molecule has 2 heterocycles. The number of likely N-dealkylation sites (tertiary alicyclic amines) is 1. The number of carbonyl (C=O) groups is 2. The van der Waals surface area contributed by atoms with Crippen molar-refractivity contribution in [3.8, 4) is 0 Å². The number of halogens is 1. The molecule has 3 amide bonds. The zero-order valence-electron chi connectivity index (χ0n) is 21.9. The van der Waals surface area contributed by atoms with E-state index in [-0.39, 0.29) is 30.4 Å². The van der Waals surface area contributed by atoms with Crippen molar-refractivity contribution in [1.82, 2.24) is 20.4 Å². The molecule has 0 saturated carbocycles. The summed E-state index contributed by atoms with van der Waals surface area (Å²) >= 11 is 0. The number of anilines is 1. The van der Waals surface area contributed by atoms with Crippen molar-refractivity contribution in [3.63, 3.8) is 0 Å². The fourth-order valence-electron chi connectivity index (χ4n) is 5.59. The standard InChI is InChI=1S/C30H36FN5O2/c1-21(27-8-4-6-23-5-2-3-7-28(23)27)35-13-9-24(10-14-35)29(37)33-20-22-17-25(31)19-26(18-22)34-30(38)36-15-11-32-12-16-36/h2-8,17-19,21,24,32H,9-16,20H2,1H3,(H,33,37)(H,34,38)/t21-/m1/s1. The number of nitrogens with zero attached hydrogens (tertiary/aromatic N) is 2. The van der Waals surface area contributed by atoms with E-state index in [4.69, 9.17) is 0 Å². The van der Waals surface area contributed by atoms with Crippen LogP contribution in [0.4, 0.5) is 14.9 Å². The Morgan fingerprint density at radius 1 is 1.00 bits per heavy atom. The van der Waals surface area contributed by atoms with Crippen LogP contribution >= 0.6 is 0 Å². The summed E-state index contributed by atoms with van der Waals surface area (Å²) in [4.78, 5) is 29.6. The summed E-state index contributed by atoms with van der Waals surface area (Å²) in [6, 6.07) is 19.4. The third kappa shape index (κ3) is 6.14. The van der Waals surface area contributed by atoms with Gasteiger partial charge in [-0.25, -0.2) is 9.18 Å². The predicted molar refractivity (Wildman–Crippen MR) is 148 cm³/mol. The number of carbonyl (C=O) groups excluding carboxylic acids is 2. The first-order chi connectivity index (χ1) is 18.5. The lowest BCUT2D eigenvalue weighted by Crippen LogP contribution is -2.48. The Balaban J connectivity index is 1.13. The number of piperidine rings is 1. The fraction of sp³-hybridized carbons (Fsp3) is 0.400. The van der Waals surface area contributed by atoms with E-state index >= 15 is 0 Å². The maximum atomic E-state index is 14.3. The highest BCUT2D eigenvalue weighted by Crippen LogP contribution is 2.31. The van der Waals surface area contributed by atoms with Crippen LogP contribution in [-0.4, -0.2) is 61.0 Å². The van der Waals surface area contributed by atoms with Crippen LogP contribution in [0.25, 0.3) is 10.8 Å². The topological polar surface area (TPSA) is 76.7 Å². The van der Waals surface area contributed by atoms with Gasteiger partial charge in [0.15, 0.2) is 0 Å². The monoisotopic (exact) mass is 517 g/mol. The molecule has 200 valence electrons. The van der Waals surface area contributed by atoms with E-state index < -0.39 is 5.82 Å². The van der Waals surface area contributed by atoms with Crippen molar-refractivity contribution in [1.29, 1.82) is 0 Å². The third-order valence-corrected chi connectivity index (χ3v) is 7.80. The molecule has 8 heteroatoms. The second-order valence-corrected chi connectivity index (χ2v) is 10.3. The third-order valence-electron chi connectivity index (χ3n) is 7.80. The van der Waals surface area contributed by atoms with Gasteiger partial charge in [-0.3, -0.25) is 9.69 Å². The van der Waals surface area contributed by atoms with E-state index in [1.165, 1.54) is 28.5 Å². The SMILES string of the molecule is C[C@H](c1cccc2ccccc12)N1CCC(C(=O)NCc2cc(F)cc(NC(=O)N3CCNCC3)c2)CC1. The van der Waals surface area contributed by atoms with E-state index in [1.807, 2.05) is 0 Å². The average molecular weight is 518 g/mol. The number of fused-ring (bicyclic) bond motifs is 1. The molecule has 2 aliphatic rings. The Labute approximate surface area is 223 Å². The number of nitrogens with one attached hydrogen (secondary N) is 3. The first kappa shape index (κ1) is 26.1. The van der Waals surface area contributed by atoms with Gasteiger partial charge in [-0.2, -0.15) is 0 Å². The van der Waals surface area contributed by atoms with Gasteiger partial charge >= 0.3 is 6.03 Å². The maximum Gasteiger partial charge on any atom is 0.321 e. The Kier molecular flexibility index (Phi) is 8.20. The van der Waals surface area contributed by atoms with Crippen molar-refractivity contribution in [2.24, 2.45) is 5.92 Å². The molecule has 3 N–H and O–H groups in total. The zero-order valence-corrected chi connectivity index (χ0v) is 21.9. The van der Waals surface area contributed by atoms with Crippen LogP contribution < -0.4 is 16.0 Å². The second-order valence-electron chi connectivity index (χ2n) is 10.3. The van der Waals surface area contributed by atoms with E-state index in [0.29, 0.717) is 24.3 Å². The first-order valence-corrected chi connectivity index (χ1v) is 13.5. The summed E-state index contributed by atoms with van der Waals surface area (Å²) in [7, 11) is 0. The summed E-state index contributed by atoms with van der Waals surface area (Å²) in [5, 5.41) is 11.5. The lowest BCUT2D eigenvalue weighted by molar-refractivity contribution is -0.126. The molecule has 0 bridgehead atoms. The Hall–Kier alpha value is -3.49. The largest absolute Gasteiger partial charge is 0.352 e. The molecule has 5 rings (SSSR count). The fourth-order valence-corrected chi connectivity index (χ4v) is 5.59. The van der Waals surface area contributed by atoms with E-state index in [9.17, 15) is 14.0 Å². The maximum absolute atomic E-state index is 14.3. The minimum absolute atomic E-state index is 0.00173. The van der Waals surface area contributed by atoms with Crippen LogP contribution in [0, 0.1) is 11.7 Å². The molecule has 2 aliphatic heterocycles. The van der Waals surface area contributed by atoms with Gasteiger partial charge in [0.1, 0.15) is 5.82 Å². The first-order valence-electron chi connectivity index (χ1n) is 13.5. The molecule has 2 saturated heterocycles. The Morgan fingerprint density at radius 3 is 2.53 bits per heavy atom. The van der Waals surface area contributed by atoms with Crippen molar-refractivity contribution < 1.29 is 14.0 Å². The predicted octanol–water partition coefficient (Wildman–Crippen LogP) is 4.51. The van der Waals surface area contributed by atoms with Crippen LogP contribution in [0.5, 0.6) is 0 Å². The average Bonchev–Trinajstić information content (AvgIpc) is 2.95. The summed E-state index contributed by atoms with van der Waals surface area (Å²) < 4.78 is 14.3. The second kappa shape index (κ2) is 11.9. The number of hydrogen-bond acceptors (Lipinski definition) is 4. The van der Waals surface area contributed by atoms with Gasteiger partial charge in [-0.15, -0.1) is 0 Å². The molecule has 0 spiro atoms. The van der Waals surface area contributed by atoms with Gasteiger partial charge < -0.3 is 20.9 Å². The zero-order chi connectivity index (χ0) is 26.5. The summed E-state index contributed by atoms with van der Waals surface area (Å²) in [6.45, 7) is 6.89. The summed E-state index contributed by atoms with van der Waals surface area (Å²) in [6.07, 6.45) is 1.58. The van der Waals surface area contributed by atoms with Crippen molar-refractivity contribution in [2.45, 2.75) is 32.4 Å². The van der Waals surface area contributed by atoms with Crippen molar-refractivity contribution in [3.05, 3.63) is 77.6 Å². The molecule has 38 heavy (non-hydrogen) atoms. The van der Waals surface area contributed by atoms with Crippen LogP contribution in [0.3, 0.4) is 0 Å². The number of urea groups is 1. The van der Waals surface area contributed by atoms with E-state index in [2.05, 4.69) is 70.2 Å². The summed E-state index contributed by atoms with van der Waals surface area (Å²) in [5.74, 6) is -0.507. The van der Waals surface area contributed by atoms with Crippen LogP contribution in [-0.2, 0) is 11.3 Å². The summed E-state index contributed by atoms with van der Waals surface area (Å²) in [5.41, 5.74) is 2.33. The van der Waals surface area contributed by atoms with Crippen molar-refractivity contribution >= 4 is 28.4 Å². The molecule has 3 aromatic rings. The van der Waals surface area contributed by atoms with Crippen LogP contribution in [0.15, 0.2) is 60.7 Å². The number of hydrogen-bond donors (Lipinski definition) is 3. The van der Waals surface area contributed by atoms with E-state index in [1.54, 1.807) is 11.0 Å². The van der Waals surface area contributed by atoms with Gasteiger partial charge in [-0.1, -0.05) is 42.5 Å². The lowest BCUT2D eigenvalue weighted by Gasteiger charge is -2.36. The minimum Gasteiger partial charge on any atom is -0.352 e. The number of piperazine rings is 1. The number of benzene rings is 3. The highest BCUT2D eigenvalue weighted by molar-refractivity contribution is 5.89. The molecule has 0 unspecified atom stereocenters. The minimum atomic E-state index is -0.442. The van der Waals surface area contributed by atoms with Gasteiger partial charge in [0.25, 0.3) is 0 Å². The molecule has 1 atom stereocenters. The van der Waals surface area contributed by atoms with Gasteiger partial charge in [0.2, 0.25) is 5.91 Å². The van der Waals surface area contributed by atoms with Crippen LogP contribution in [0.2, 0.25) is 0 Å². The van der Waals surface area contributed by atoms with Gasteiger partial charge in [0, 0.05) is 50.4 Å². The highest BCUT2D eigenvalue weighted by Gasteiger charge is 2.28. The molecular weight excluding hydrogens is 481 g/mol. The van der Waals surface area contributed by atoms with Gasteiger partial charge in [-0.05, 0) is 73.0 Å². The highest BCUT2D eigenvalue weighted by atomic mass is 19.1. The smallest absolute Gasteiger partial charge is 0.321 e. The Morgan fingerprint density at radius 2 is 1.74 bits per heavy atom.